The fourth-order valence-corrected chi connectivity index (χ4v) is 3.52. The van der Waals surface area contributed by atoms with Gasteiger partial charge >= 0.3 is 0 Å². The quantitative estimate of drug-likeness (QED) is 0.696. The molecule has 0 N–H and O–H groups in total. The molecule has 4 rings (SSSR count). The molecule has 1 aliphatic heterocycles. The number of anilines is 1. The zero-order valence-electron chi connectivity index (χ0n) is 14.6. The fourth-order valence-electron chi connectivity index (χ4n) is 3.28. The van der Waals surface area contributed by atoms with Gasteiger partial charge in [0, 0.05) is 43.9 Å². The van der Waals surface area contributed by atoms with Gasteiger partial charge in [-0.05, 0) is 36.6 Å². The Morgan fingerprint density at radius 3 is 3.04 bits per heavy atom. The molecule has 0 spiro atoms. The minimum absolute atomic E-state index is 0.292. The highest BCUT2D eigenvalue weighted by atomic mass is 35.5. The Morgan fingerprint density at radius 2 is 2.23 bits per heavy atom. The number of nitrogens with zero attached hydrogens (tertiary/aromatic N) is 5. The van der Waals surface area contributed by atoms with Gasteiger partial charge in [0.2, 0.25) is 5.82 Å². The van der Waals surface area contributed by atoms with Crippen LogP contribution in [0.15, 0.2) is 29.0 Å². The molecular formula is C18H18ClN5O2. The highest BCUT2D eigenvalue weighted by Gasteiger charge is 2.25. The molecule has 0 amide bonds. The van der Waals surface area contributed by atoms with Crippen molar-refractivity contribution in [3.63, 3.8) is 0 Å². The molecular weight excluding hydrogens is 354 g/mol. The number of pyridine rings is 2. The van der Waals surface area contributed by atoms with E-state index >= 15 is 0 Å². The van der Waals surface area contributed by atoms with Crippen LogP contribution in [0.4, 0.5) is 5.82 Å². The van der Waals surface area contributed by atoms with Gasteiger partial charge < -0.3 is 14.2 Å². The Kier molecular flexibility index (Phi) is 4.57. The molecule has 134 valence electrons. The van der Waals surface area contributed by atoms with Crippen molar-refractivity contribution in [2.75, 3.05) is 18.6 Å². The summed E-state index contributed by atoms with van der Waals surface area (Å²) in [6.07, 6.45) is 4.49. The second kappa shape index (κ2) is 7.01. The van der Waals surface area contributed by atoms with Gasteiger partial charge in [-0.1, -0.05) is 16.8 Å². The first-order valence-corrected chi connectivity index (χ1v) is 8.70. The lowest BCUT2D eigenvalue weighted by molar-refractivity contribution is 0.151. The summed E-state index contributed by atoms with van der Waals surface area (Å²) in [4.78, 5) is 15.6. The minimum atomic E-state index is 0.292. The van der Waals surface area contributed by atoms with E-state index in [1.165, 1.54) is 5.56 Å². The number of fused-ring (bicyclic) bond motifs is 1. The molecule has 0 unspecified atom stereocenters. The van der Waals surface area contributed by atoms with Crippen LogP contribution < -0.4 is 4.90 Å². The van der Waals surface area contributed by atoms with Crippen LogP contribution in [0.1, 0.15) is 22.7 Å². The number of hydrogen-bond donors (Lipinski definition) is 0. The van der Waals surface area contributed by atoms with Gasteiger partial charge in [0.05, 0.1) is 5.02 Å². The average Bonchev–Trinajstić information content (AvgIpc) is 3.10. The molecule has 8 heteroatoms. The summed E-state index contributed by atoms with van der Waals surface area (Å²) in [5, 5.41) is 4.76. The van der Waals surface area contributed by atoms with Crippen molar-refractivity contribution >= 4 is 17.4 Å². The molecule has 0 saturated heterocycles. The van der Waals surface area contributed by atoms with E-state index in [9.17, 15) is 0 Å². The van der Waals surface area contributed by atoms with Gasteiger partial charge in [-0.15, -0.1) is 0 Å². The first kappa shape index (κ1) is 16.9. The van der Waals surface area contributed by atoms with Crippen molar-refractivity contribution in [1.29, 1.82) is 0 Å². The number of hydrogen-bond acceptors (Lipinski definition) is 7. The summed E-state index contributed by atoms with van der Waals surface area (Å²) in [7, 11) is 1.60. The third-order valence-electron chi connectivity index (χ3n) is 4.46. The van der Waals surface area contributed by atoms with Gasteiger partial charge in [-0.2, -0.15) is 4.98 Å². The number of halogens is 1. The van der Waals surface area contributed by atoms with Crippen molar-refractivity contribution in [2.45, 2.75) is 26.5 Å². The van der Waals surface area contributed by atoms with Crippen LogP contribution in [-0.2, 0) is 24.3 Å². The summed E-state index contributed by atoms with van der Waals surface area (Å²) in [5.74, 6) is 1.81. The Labute approximate surface area is 156 Å². The lowest BCUT2D eigenvalue weighted by Gasteiger charge is -2.31. The van der Waals surface area contributed by atoms with Crippen LogP contribution in [0, 0.1) is 6.92 Å². The smallest absolute Gasteiger partial charge is 0.252 e. The molecule has 7 nitrogen and oxygen atoms in total. The van der Waals surface area contributed by atoms with Crippen molar-refractivity contribution in [3.8, 4) is 11.4 Å². The lowest BCUT2D eigenvalue weighted by Crippen LogP contribution is -2.32. The van der Waals surface area contributed by atoms with Crippen LogP contribution >= 0.6 is 11.6 Å². The maximum Gasteiger partial charge on any atom is 0.252 e. The van der Waals surface area contributed by atoms with Gasteiger partial charge in [-0.25, -0.2) is 4.98 Å². The summed E-state index contributed by atoms with van der Waals surface area (Å²) in [5.41, 5.74) is 4.15. The number of ether oxygens (including phenoxy) is 1. The lowest BCUT2D eigenvalue weighted by atomic mass is 9.94. The maximum atomic E-state index is 6.31. The number of rotatable bonds is 4. The summed E-state index contributed by atoms with van der Waals surface area (Å²) < 4.78 is 10.3. The van der Waals surface area contributed by atoms with Crippen LogP contribution in [0.25, 0.3) is 11.4 Å². The Morgan fingerprint density at radius 1 is 1.35 bits per heavy atom. The molecule has 0 aliphatic carbocycles. The number of aryl methyl sites for hydroxylation is 1. The van der Waals surface area contributed by atoms with E-state index in [0.29, 0.717) is 29.9 Å². The van der Waals surface area contributed by atoms with Crippen LogP contribution in [0.3, 0.4) is 0 Å². The Balaban J connectivity index is 1.70. The third kappa shape index (κ3) is 3.04. The molecule has 0 atom stereocenters. The van der Waals surface area contributed by atoms with Crippen molar-refractivity contribution in [3.05, 3.63) is 52.3 Å². The highest BCUT2D eigenvalue weighted by Crippen LogP contribution is 2.33. The monoisotopic (exact) mass is 371 g/mol. The second-order valence-corrected chi connectivity index (χ2v) is 6.55. The molecule has 1 aliphatic rings. The van der Waals surface area contributed by atoms with Crippen LogP contribution in [0.5, 0.6) is 0 Å². The molecule has 3 aromatic rings. The van der Waals surface area contributed by atoms with E-state index in [0.717, 1.165) is 35.6 Å². The summed E-state index contributed by atoms with van der Waals surface area (Å²) in [6, 6.07) is 3.69. The molecule has 0 saturated carbocycles. The zero-order chi connectivity index (χ0) is 18.1. The first-order chi connectivity index (χ1) is 12.7. The second-order valence-electron chi connectivity index (χ2n) is 6.15. The van der Waals surface area contributed by atoms with Gasteiger partial charge in [0.1, 0.15) is 12.4 Å². The number of aromatic nitrogens is 4. The standard InChI is InChI=1S/C18H18ClN5O2/c1-11-16(17-22-15(10-25-2)26-23-17)13-5-7-24(9-12(13)8-21-11)18-14(19)4-3-6-20-18/h3-4,6,8H,5,7,9-10H2,1-2H3. The van der Waals surface area contributed by atoms with E-state index in [1.54, 1.807) is 13.3 Å². The van der Waals surface area contributed by atoms with Crippen molar-refractivity contribution in [1.82, 2.24) is 20.1 Å². The Hall–Kier alpha value is -2.51. The fraction of sp³-hybridized carbons (Fsp3) is 0.333. The van der Waals surface area contributed by atoms with E-state index in [4.69, 9.17) is 20.9 Å². The molecule has 0 fully saturated rings. The van der Waals surface area contributed by atoms with Gasteiger partial charge in [0.25, 0.3) is 5.89 Å². The average molecular weight is 372 g/mol. The summed E-state index contributed by atoms with van der Waals surface area (Å²) >= 11 is 6.31. The third-order valence-corrected chi connectivity index (χ3v) is 4.75. The van der Waals surface area contributed by atoms with Crippen molar-refractivity contribution in [2.24, 2.45) is 0 Å². The molecule has 0 aromatic carbocycles. The topological polar surface area (TPSA) is 77.2 Å². The Bertz CT molecular complexity index is 943. The SMILES string of the molecule is COCc1nc(-c2c(C)ncc3c2CCN(c2ncccc2Cl)C3)no1. The minimum Gasteiger partial charge on any atom is -0.375 e. The van der Waals surface area contributed by atoms with Gasteiger partial charge in [-0.3, -0.25) is 4.98 Å². The van der Waals surface area contributed by atoms with Crippen LogP contribution in [0.2, 0.25) is 5.02 Å². The molecule has 26 heavy (non-hydrogen) atoms. The predicted molar refractivity (Wildman–Crippen MR) is 97.0 cm³/mol. The first-order valence-electron chi connectivity index (χ1n) is 8.32. The van der Waals surface area contributed by atoms with Crippen molar-refractivity contribution < 1.29 is 9.26 Å². The predicted octanol–water partition coefficient (Wildman–Crippen LogP) is 3.20. The molecule has 4 heterocycles. The highest BCUT2D eigenvalue weighted by molar-refractivity contribution is 6.32. The maximum absolute atomic E-state index is 6.31. The van der Waals surface area contributed by atoms with Crippen LogP contribution in [-0.4, -0.2) is 33.8 Å². The number of methoxy groups -OCH3 is 1. The van der Waals surface area contributed by atoms with E-state index < -0.39 is 0 Å². The van der Waals surface area contributed by atoms with E-state index in [-0.39, 0.29) is 0 Å². The largest absolute Gasteiger partial charge is 0.375 e. The normalized spacial score (nSPS) is 13.7. The van der Waals surface area contributed by atoms with E-state index in [2.05, 4.69) is 25.0 Å². The zero-order valence-corrected chi connectivity index (χ0v) is 15.3. The van der Waals surface area contributed by atoms with Gasteiger partial charge in [0.15, 0.2) is 0 Å². The molecule has 3 aromatic heterocycles. The molecule has 0 bridgehead atoms. The molecule has 0 radical (unpaired) electrons. The summed E-state index contributed by atoms with van der Waals surface area (Å²) in [6.45, 7) is 3.75. The van der Waals surface area contributed by atoms with E-state index in [1.807, 2.05) is 25.3 Å².